The maximum absolute atomic E-state index is 11.6. The van der Waals surface area contributed by atoms with E-state index in [0.717, 1.165) is 12.8 Å². The minimum Gasteiger partial charge on any atom is -0.478 e. The van der Waals surface area contributed by atoms with E-state index in [2.05, 4.69) is 4.72 Å². The normalized spacial score (nSPS) is 15.5. The molecule has 0 atom stereocenters. The Hall–Kier alpha value is -1.56. The second kappa shape index (κ2) is 4.37. The van der Waals surface area contributed by atoms with E-state index in [1.54, 1.807) is 0 Å². The number of carboxylic acids is 1. The number of rotatable bonds is 5. The first kappa shape index (κ1) is 11.9. The molecule has 2 rings (SSSR count). The van der Waals surface area contributed by atoms with Crippen molar-refractivity contribution in [1.82, 2.24) is 0 Å². The lowest BCUT2D eigenvalue weighted by Gasteiger charge is -2.07. The molecule has 0 aromatic heterocycles. The Kier molecular flexibility index (Phi) is 3.06. The van der Waals surface area contributed by atoms with E-state index in [0.29, 0.717) is 5.69 Å². The Balaban J connectivity index is 2.05. The quantitative estimate of drug-likeness (QED) is 0.835. The molecule has 2 N–H and O–H groups in total. The van der Waals surface area contributed by atoms with Gasteiger partial charge >= 0.3 is 5.97 Å². The van der Waals surface area contributed by atoms with Crippen LogP contribution in [0.2, 0.25) is 0 Å². The standard InChI is InChI=1S/C11H13NO4S/c13-11(14)9-3-5-10(6-4-9)12-17(15,16)7-8-1-2-8/h3-6,8,12H,1-2,7H2,(H,13,14). The Bertz CT molecular complexity index is 517. The Morgan fingerprint density at radius 2 is 1.88 bits per heavy atom. The molecule has 0 aliphatic heterocycles. The van der Waals surface area contributed by atoms with Gasteiger partial charge in [-0.1, -0.05) is 0 Å². The van der Waals surface area contributed by atoms with Gasteiger partial charge in [0.1, 0.15) is 0 Å². The van der Waals surface area contributed by atoms with Gasteiger partial charge in [-0.25, -0.2) is 13.2 Å². The second-order valence-corrected chi connectivity index (χ2v) is 5.98. The number of nitrogens with one attached hydrogen (secondary N) is 1. The molecule has 5 nitrogen and oxygen atoms in total. The van der Waals surface area contributed by atoms with Crippen LogP contribution >= 0.6 is 0 Å². The van der Waals surface area contributed by atoms with Crippen LogP contribution in [0.15, 0.2) is 24.3 Å². The smallest absolute Gasteiger partial charge is 0.335 e. The number of anilines is 1. The highest BCUT2D eigenvalue weighted by molar-refractivity contribution is 7.92. The van der Waals surface area contributed by atoms with Gasteiger partial charge in [0, 0.05) is 5.69 Å². The topological polar surface area (TPSA) is 83.5 Å². The van der Waals surface area contributed by atoms with E-state index < -0.39 is 16.0 Å². The van der Waals surface area contributed by atoms with Gasteiger partial charge in [0.15, 0.2) is 0 Å². The van der Waals surface area contributed by atoms with Gasteiger partial charge in [-0.05, 0) is 43.0 Å². The van der Waals surface area contributed by atoms with Gasteiger partial charge in [0.05, 0.1) is 11.3 Å². The molecule has 0 unspecified atom stereocenters. The fourth-order valence-electron chi connectivity index (χ4n) is 1.50. The van der Waals surface area contributed by atoms with Crippen molar-refractivity contribution in [3.63, 3.8) is 0 Å². The SMILES string of the molecule is O=C(O)c1ccc(NS(=O)(=O)CC2CC2)cc1. The first-order valence-electron chi connectivity index (χ1n) is 5.30. The molecule has 1 aromatic rings. The Labute approximate surface area is 99.5 Å². The maximum atomic E-state index is 11.6. The summed E-state index contributed by atoms with van der Waals surface area (Å²) < 4.78 is 25.7. The minimum atomic E-state index is -3.30. The number of hydrogen-bond acceptors (Lipinski definition) is 3. The molecular formula is C11H13NO4S. The molecule has 1 aliphatic rings. The number of benzene rings is 1. The van der Waals surface area contributed by atoms with Gasteiger partial charge in [0.25, 0.3) is 0 Å². The van der Waals surface area contributed by atoms with Gasteiger partial charge in [-0.2, -0.15) is 0 Å². The molecule has 1 fully saturated rings. The van der Waals surface area contributed by atoms with Crippen LogP contribution in [-0.4, -0.2) is 25.2 Å². The van der Waals surface area contributed by atoms with Crippen LogP contribution < -0.4 is 4.72 Å². The second-order valence-electron chi connectivity index (χ2n) is 4.21. The largest absolute Gasteiger partial charge is 0.478 e. The van der Waals surface area contributed by atoms with E-state index in [9.17, 15) is 13.2 Å². The van der Waals surface area contributed by atoms with E-state index >= 15 is 0 Å². The van der Waals surface area contributed by atoms with Crippen LogP contribution in [0.25, 0.3) is 0 Å². The maximum Gasteiger partial charge on any atom is 0.335 e. The molecule has 92 valence electrons. The van der Waals surface area contributed by atoms with Gasteiger partial charge in [-0.15, -0.1) is 0 Å². The fraction of sp³-hybridized carbons (Fsp3) is 0.364. The minimum absolute atomic E-state index is 0.134. The summed E-state index contributed by atoms with van der Waals surface area (Å²) in [6, 6.07) is 5.65. The highest BCUT2D eigenvalue weighted by atomic mass is 32.2. The summed E-state index contributed by atoms with van der Waals surface area (Å²) in [6.45, 7) is 0. The van der Waals surface area contributed by atoms with Crippen molar-refractivity contribution in [1.29, 1.82) is 0 Å². The molecule has 0 saturated heterocycles. The van der Waals surface area contributed by atoms with Crippen molar-refractivity contribution in [2.45, 2.75) is 12.8 Å². The van der Waals surface area contributed by atoms with Gasteiger partial charge in [-0.3, -0.25) is 4.72 Å². The summed E-state index contributed by atoms with van der Waals surface area (Å²) in [5.41, 5.74) is 0.533. The summed E-state index contributed by atoms with van der Waals surface area (Å²) in [6.07, 6.45) is 1.94. The molecule has 0 heterocycles. The third-order valence-corrected chi connectivity index (χ3v) is 4.01. The monoisotopic (exact) mass is 255 g/mol. The number of hydrogen-bond donors (Lipinski definition) is 2. The van der Waals surface area contributed by atoms with Crippen molar-refractivity contribution >= 4 is 21.7 Å². The molecule has 1 saturated carbocycles. The summed E-state index contributed by atoms with van der Waals surface area (Å²) in [7, 11) is -3.30. The van der Waals surface area contributed by atoms with Crippen molar-refractivity contribution < 1.29 is 18.3 Å². The average Bonchev–Trinajstić information content (AvgIpc) is 3.00. The predicted molar refractivity (Wildman–Crippen MR) is 63.5 cm³/mol. The number of carbonyl (C=O) groups is 1. The van der Waals surface area contributed by atoms with E-state index in [-0.39, 0.29) is 17.2 Å². The Morgan fingerprint density at radius 3 is 2.35 bits per heavy atom. The Morgan fingerprint density at radius 1 is 1.29 bits per heavy atom. The molecular weight excluding hydrogens is 242 g/mol. The van der Waals surface area contributed by atoms with Crippen LogP contribution in [0.1, 0.15) is 23.2 Å². The van der Waals surface area contributed by atoms with Gasteiger partial charge < -0.3 is 5.11 Å². The lowest BCUT2D eigenvalue weighted by atomic mass is 10.2. The van der Waals surface area contributed by atoms with Crippen LogP contribution in [0.5, 0.6) is 0 Å². The molecule has 0 radical (unpaired) electrons. The van der Waals surface area contributed by atoms with Crippen molar-refractivity contribution in [2.24, 2.45) is 5.92 Å². The summed E-state index contributed by atoms with van der Waals surface area (Å²) >= 11 is 0. The molecule has 17 heavy (non-hydrogen) atoms. The molecule has 0 bridgehead atoms. The highest BCUT2D eigenvalue weighted by Crippen LogP contribution is 2.30. The number of sulfonamides is 1. The van der Waals surface area contributed by atoms with Crippen LogP contribution in [0.4, 0.5) is 5.69 Å². The summed E-state index contributed by atoms with van der Waals surface area (Å²) in [5, 5.41) is 8.70. The highest BCUT2D eigenvalue weighted by Gasteiger charge is 2.27. The third kappa shape index (κ3) is 3.45. The molecule has 1 aromatic carbocycles. The molecule has 6 heteroatoms. The zero-order chi connectivity index (χ0) is 12.5. The summed E-state index contributed by atoms with van der Waals surface area (Å²) in [5.74, 6) is -0.601. The van der Waals surface area contributed by atoms with Gasteiger partial charge in [0.2, 0.25) is 10.0 Å². The van der Waals surface area contributed by atoms with E-state index in [4.69, 9.17) is 5.11 Å². The van der Waals surface area contributed by atoms with Crippen LogP contribution in [-0.2, 0) is 10.0 Å². The molecule has 0 spiro atoms. The average molecular weight is 255 g/mol. The van der Waals surface area contributed by atoms with E-state index in [1.165, 1.54) is 24.3 Å². The molecule has 0 amide bonds. The van der Waals surface area contributed by atoms with E-state index in [1.807, 2.05) is 0 Å². The predicted octanol–water partition coefficient (Wildman–Crippen LogP) is 1.54. The van der Waals surface area contributed by atoms with Crippen molar-refractivity contribution in [2.75, 3.05) is 10.5 Å². The number of aromatic carboxylic acids is 1. The zero-order valence-corrected chi connectivity index (χ0v) is 9.90. The fourth-order valence-corrected chi connectivity index (χ4v) is 3.03. The van der Waals surface area contributed by atoms with Crippen LogP contribution in [0, 0.1) is 5.92 Å². The first-order valence-corrected chi connectivity index (χ1v) is 6.95. The number of carboxylic acid groups (broad SMARTS) is 1. The lowest BCUT2D eigenvalue weighted by Crippen LogP contribution is -2.17. The van der Waals surface area contributed by atoms with Crippen molar-refractivity contribution in [3.8, 4) is 0 Å². The van der Waals surface area contributed by atoms with Crippen molar-refractivity contribution in [3.05, 3.63) is 29.8 Å². The van der Waals surface area contributed by atoms with Crippen LogP contribution in [0.3, 0.4) is 0 Å². The molecule has 1 aliphatic carbocycles. The lowest BCUT2D eigenvalue weighted by molar-refractivity contribution is 0.0697. The zero-order valence-electron chi connectivity index (χ0n) is 9.09. The summed E-state index contributed by atoms with van der Waals surface area (Å²) in [4.78, 5) is 10.6. The third-order valence-electron chi connectivity index (χ3n) is 2.56. The first-order chi connectivity index (χ1) is 7.96.